The van der Waals surface area contributed by atoms with Gasteiger partial charge in [0.15, 0.2) is 11.6 Å². The van der Waals surface area contributed by atoms with Crippen LogP contribution in [0.5, 0.6) is 0 Å². The fourth-order valence-corrected chi connectivity index (χ4v) is 8.34. The van der Waals surface area contributed by atoms with Gasteiger partial charge >= 0.3 is 0 Å². The molecule has 2 aromatic carbocycles. The Morgan fingerprint density at radius 2 is 1.40 bits per heavy atom. The number of aromatic nitrogens is 1. The van der Waals surface area contributed by atoms with Crippen LogP contribution in [-0.2, 0) is 22.4 Å². The van der Waals surface area contributed by atoms with E-state index in [1.807, 2.05) is 32.2 Å². The van der Waals surface area contributed by atoms with Crippen molar-refractivity contribution in [2.75, 3.05) is 5.73 Å². The first-order chi connectivity index (χ1) is 19.2. The number of allylic oxidation sites excluding steroid dienone is 4. The van der Waals surface area contributed by atoms with Gasteiger partial charge in [-0.25, -0.2) is 0 Å². The van der Waals surface area contributed by atoms with Crippen LogP contribution in [0.2, 0.25) is 0 Å². The molecular formula is C36H40N2O2. The van der Waals surface area contributed by atoms with E-state index >= 15 is 0 Å². The van der Waals surface area contributed by atoms with Crippen molar-refractivity contribution in [3.8, 4) is 0 Å². The van der Waals surface area contributed by atoms with Crippen molar-refractivity contribution >= 4 is 45.4 Å². The molecule has 0 bridgehead atoms. The Morgan fingerprint density at radius 3 is 1.98 bits per heavy atom. The molecule has 40 heavy (non-hydrogen) atoms. The molecule has 3 aromatic rings. The normalized spacial score (nSPS) is 24.9. The zero-order valence-electron chi connectivity index (χ0n) is 24.3. The number of carbonyl (C=O) groups is 2. The maximum absolute atomic E-state index is 12.2. The van der Waals surface area contributed by atoms with Gasteiger partial charge in [0.05, 0.1) is 0 Å². The highest BCUT2D eigenvalue weighted by Crippen LogP contribution is 2.58. The lowest BCUT2D eigenvalue weighted by Gasteiger charge is -2.34. The van der Waals surface area contributed by atoms with Gasteiger partial charge in [-0.2, -0.15) is 0 Å². The number of nitrogens with two attached hydrogens (primary N) is 1. The Labute approximate surface area is 237 Å². The monoisotopic (exact) mass is 532 g/mol. The quantitative estimate of drug-likeness (QED) is 0.333. The van der Waals surface area contributed by atoms with Crippen LogP contribution in [0.3, 0.4) is 0 Å². The van der Waals surface area contributed by atoms with Gasteiger partial charge in [-0.05, 0) is 115 Å². The lowest BCUT2D eigenvalue weighted by Crippen LogP contribution is -2.27. The van der Waals surface area contributed by atoms with E-state index in [2.05, 4.69) is 49.7 Å². The molecule has 0 radical (unpaired) electrons. The van der Waals surface area contributed by atoms with Gasteiger partial charge in [-0.1, -0.05) is 38.6 Å². The molecule has 0 fully saturated rings. The standard InChI is InChI=1S/C18H19NO.C18H21NO/c1-3-18-8-6-16(20)11(2)17(18)13-4-5-15-12(7-9-19-15)14(13)10-18;1-4-12-14-10-18(5-2)9-8-16(20)11(3)17(18)13(14)6-7-15(12)19/h4-5,7,9,19H,3,6,8,10H2,1-2H3;4,6-7H,1,5,8-10,19H2,2-3H3. The summed E-state index contributed by atoms with van der Waals surface area (Å²) in [6.07, 6.45) is 11.5. The number of fused-ring (bicyclic) bond motifs is 8. The first kappa shape index (κ1) is 26.6. The van der Waals surface area contributed by atoms with E-state index < -0.39 is 0 Å². The third kappa shape index (κ3) is 3.64. The van der Waals surface area contributed by atoms with E-state index in [4.69, 9.17) is 5.73 Å². The number of rotatable bonds is 3. The highest BCUT2D eigenvalue weighted by atomic mass is 16.1. The van der Waals surface area contributed by atoms with Crippen LogP contribution < -0.4 is 5.73 Å². The van der Waals surface area contributed by atoms with E-state index in [1.54, 1.807) is 0 Å². The fourth-order valence-electron chi connectivity index (χ4n) is 8.34. The van der Waals surface area contributed by atoms with Crippen molar-refractivity contribution in [2.24, 2.45) is 10.8 Å². The fraction of sp³-hybridized carbons (Fsp3) is 0.389. The largest absolute Gasteiger partial charge is 0.398 e. The molecular weight excluding hydrogens is 492 g/mol. The van der Waals surface area contributed by atoms with Crippen LogP contribution in [0, 0.1) is 10.8 Å². The zero-order valence-corrected chi connectivity index (χ0v) is 24.3. The SMILES string of the molecule is C=Cc1c(N)ccc2c1CC1(CC)CCC(=O)C(C)=C21.CCC12CCC(=O)C(C)=C1c1ccc3[nH]ccc3c1C2. The van der Waals surface area contributed by atoms with Gasteiger partial charge in [0.1, 0.15) is 0 Å². The van der Waals surface area contributed by atoms with Crippen LogP contribution in [0.4, 0.5) is 5.69 Å². The van der Waals surface area contributed by atoms with E-state index in [1.165, 1.54) is 44.3 Å². The molecule has 4 aliphatic rings. The molecule has 206 valence electrons. The van der Waals surface area contributed by atoms with Crippen LogP contribution in [0.25, 0.3) is 28.1 Å². The average Bonchev–Trinajstić information content (AvgIpc) is 3.66. The van der Waals surface area contributed by atoms with Crippen molar-refractivity contribution < 1.29 is 9.59 Å². The third-order valence-electron chi connectivity index (χ3n) is 10.7. The molecule has 2 atom stereocenters. The summed E-state index contributed by atoms with van der Waals surface area (Å²) < 4.78 is 0. The molecule has 3 N–H and O–H groups in total. The number of hydrogen-bond donors (Lipinski definition) is 2. The summed E-state index contributed by atoms with van der Waals surface area (Å²) in [6, 6.07) is 10.6. The number of carbonyl (C=O) groups excluding carboxylic acids is 2. The topological polar surface area (TPSA) is 76.0 Å². The van der Waals surface area contributed by atoms with Gasteiger partial charge in [-0.15, -0.1) is 0 Å². The maximum atomic E-state index is 12.2. The summed E-state index contributed by atoms with van der Waals surface area (Å²) in [6.45, 7) is 12.4. The smallest absolute Gasteiger partial charge is 0.158 e. The molecule has 0 amide bonds. The van der Waals surface area contributed by atoms with Gasteiger partial charge < -0.3 is 10.7 Å². The van der Waals surface area contributed by atoms with E-state index in [-0.39, 0.29) is 10.8 Å². The molecule has 4 nitrogen and oxygen atoms in total. The first-order valence-electron chi connectivity index (χ1n) is 14.8. The minimum Gasteiger partial charge on any atom is -0.398 e. The summed E-state index contributed by atoms with van der Waals surface area (Å²) in [7, 11) is 0. The summed E-state index contributed by atoms with van der Waals surface area (Å²) in [5.41, 5.74) is 19.3. The summed E-state index contributed by atoms with van der Waals surface area (Å²) in [5, 5.41) is 1.33. The number of anilines is 1. The van der Waals surface area contributed by atoms with Gasteiger partial charge in [0.2, 0.25) is 0 Å². The van der Waals surface area contributed by atoms with Crippen LogP contribution in [0.15, 0.2) is 54.3 Å². The van der Waals surface area contributed by atoms with Crippen molar-refractivity contribution in [1.29, 1.82) is 0 Å². The second-order valence-corrected chi connectivity index (χ2v) is 12.3. The van der Waals surface area contributed by atoms with Gasteiger partial charge in [0, 0.05) is 52.0 Å². The number of ketones is 2. The molecule has 0 spiro atoms. The molecule has 0 aliphatic heterocycles. The summed E-state index contributed by atoms with van der Waals surface area (Å²) in [5.74, 6) is 0.639. The highest BCUT2D eigenvalue weighted by Gasteiger charge is 2.46. The predicted octanol–water partition coefficient (Wildman–Crippen LogP) is 8.26. The Balaban J connectivity index is 0.000000145. The minimum absolute atomic E-state index is 0.131. The maximum Gasteiger partial charge on any atom is 0.158 e. The highest BCUT2D eigenvalue weighted by molar-refractivity contribution is 6.08. The minimum atomic E-state index is 0.131. The Bertz CT molecular complexity index is 1670. The van der Waals surface area contributed by atoms with Gasteiger partial charge in [0.25, 0.3) is 0 Å². The molecule has 1 aromatic heterocycles. The number of nitrogen functional groups attached to an aromatic ring is 1. The third-order valence-corrected chi connectivity index (χ3v) is 10.7. The molecule has 4 heteroatoms. The summed E-state index contributed by atoms with van der Waals surface area (Å²) >= 11 is 0. The van der Waals surface area contributed by atoms with Crippen LogP contribution in [0.1, 0.15) is 94.0 Å². The molecule has 1 heterocycles. The number of benzene rings is 2. The Hall–Kier alpha value is -3.66. The zero-order chi connectivity index (χ0) is 28.4. The van der Waals surface area contributed by atoms with Gasteiger partial charge in [-0.3, -0.25) is 9.59 Å². The van der Waals surface area contributed by atoms with Crippen molar-refractivity contribution in [2.45, 2.75) is 79.1 Å². The number of hydrogen-bond acceptors (Lipinski definition) is 3. The van der Waals surface area contributed by atoms with Crippen molar-refractivity contribution in [3.63, 3.8) is 0 Å². The van der Waals surface area contributed by atoms with Crippen LogP contribution >= 0.6 is 0 Å². The Kier molecular flexibility index (Phi) is 6.29. The Morgan fingerprint density at radius 1 is 0.850 bits per heavy atom. The first-order valence-corrected chi connectivity index (χ1v) is 14.8. The van der Waals surface area contributed by atoms with Crippen molar-refractivity contribution in [3.05, 3.63) is 82.1 Å². The molecule has 0 saturated carbocycles. The molecule has 7 rings (SSSR count). The number of Topliss-reactive ketones (excluding diaryl/α,β-unsaturated/α-hetero) is 2. The molecule has 0 saturated heterocycles. The van der Waals surface area contributed by atoms with E-state index in [0.29, 0.717) is 24.4 Å². The van der Waals surface area contributed by atoms with Crippen LogP contribution in [-0.4, -0.2) is 16.6 Å². The van der Waals surface area contributed by atoms with E-state index in [9.17, 15) is 9.59 Å². The van der Waals surface area contributed by atoms with E-state index in [0.717, 1.165) is 60.9 Å². The summed E-state index contributed by atoms with van der Waals surface area (Å²) in [4.78, 5) is 27.6. The number of H-pyrrole nitrogens is 1. The molecule has 4 aliphatic carbocycles. The van der Waals surface area contributed by atoms with Crippen molar-refractivity contribution in [1.82, 2.24) is 4.98 Å². The number of nitrogens with one attached hydrogen (secondary N) is 1. The average molecular weight is 533 g/mol. The lowest BCUT2D eigenvalue weighted by atomic mass is 9.68. The second-order valence-electron chi connectivity index (χ2n) is 12.3. The predicted molar refractivity (Wildman–Crippen MR) is 166 cm³/mol. The number of aromatic amines is 1. The second kappa shape index (κ2) is 9.47. The molecule has 2 unspecified atom stereocenters. The lowest BCUT2D eigenvalue weighted by molar-refractivity contribution is -0.117.